The molecule has 1 amide bonds. The van der Waals surface area contributed by atoms with E-state index in [1.54, 1.807) is 0 Å². The fourth-order valence-electron chi connectivity index (χ4n) is 4.62. The lowest BCUT2D eigenvalue weighted by atomic mass is 9.95. The maximum Gasteiger partial charge on any atom is 0.223 e. The van der Waals surface area contributed by atoms with Gasteiger partial charge in [-0.2, -0.15) is 0 Å². The maximum absolute atomic E-state index is 12.5. The first-order valence-electron chi connectivity index (χ1n) is 11.7. The summed E-state index contributed by atoms with van der Waals surface area (Å²) in [5.74, 6) is 0.394. The molecule has 2 heterocycles. The molecule has 4 heteroatoms. The lowest BCUT2D eigenvalue weighted by Gasteiger charge is -2.32. The van der Waals surface area contributed by atoms with Gasteiger partial charge in [0.05, 0.1) is 0 Å². The van der Waals surface area contributed by atoms with Gasteiger partial charge in [0.15, 0.2) is 0 Å². The van der Waals surface area contributed by atoms with Gasteiger partial charge < -0.3 is 9.88 Å². The molecule has 0 saturated carbocycles. The van der Waals surface area contributed by atoms with Crippen LogP contribution >= 0.6 is 0 Å². The molecule has 1 fully saturated rings. The minimum absolute atomic E-state index is 0.156. The largest absolute Gasteiger partial charge is 0.353 e. The van der Waals surface area contributed by atoms with Crippen LogP contribution in [0.3, 0.4) is 0 Å². The molecule has 0 unspecified atom stereocenters. The molecule has 1 atom stereocenters. The van der Waals surface area contributed by atoms with E-state index in [9.17, 15) is 4.79 Å². The molecule has 31 heavy (non-hydrogen) atoms. The number of hydrogen-bond acceptors (Lipinski definition) is 2. The third kappa shape index (κ3) is 5.19. The molecule has 0 radical (unpaired) electrons. The average Bonchev–Trinajstić information content (AvgIpc) is 3.11. The molecule has 1 N–H and O–H groups in total. The highest BCUT2D eigenvalue weighted by Gasteiger charge is 2.26. The van der Waals surface area contributed by atoms with Crippen LogP contribution in [0.15, 0.2) is 54.6 Å². The Morgan fingerprint density at radius 3 is 2.58 bits per heavy atom. The number of likely N-dealkylation sites (tertiary alicyclic amines) is 1. The molecule has 2 aromatic carbocycles. The second kappa shape index (κ2) is 9.69. The van der Waals surface area contributed by atoms with Gasteiger partial charge in [0, 0.05) is 36.3 Å². The van der Waals surface area contributed by atoms with Gasteiger partial charge in [-0.15, -0.1) is 0 Å². The molecule has 4 rings (SSSR count). The van der Waals surface area contributed by atoms with Crippen molar-refractivity contribution in [2.24, 2.45) is 5.92 Å². The molecule has 1 aromatic heterocycles. The van der Waals surface area contributed by atoms with Crippen LogP contribution in [0, 0.1) is 12.8 Å². The Morgan fingerprint density at radius 1 is 1.06 bits per heavy atom. The van der Waals surface area contributed by atoms with Crippen LogP contribution in [-0.4, -0.2) is 34.5 Å². The van der Waals surface area contributed by atoms with E-state index in [-0.39, 0.29) is 17.9 Å². The van der Waals surface area contributed by atoms with Crippen LogP contribution in [0.4, 0.5) is 0 Å². The predicted octanol–water partition coefficient (Wildman–Crippen LogP) is 5.12. The highest BCUT2D eigenvalue weighted by atomic mass is 16.1. The van der Waals surface area contributed by atoms with E-state index < -0.39 is 0 Å². The van der Waals surface area contributed by atoms with E-state index in [1.165, 1.54) is 27.7 Å². The number of benzene rings is 2. The Hall–Kier alpha value is -2.59. The molecule has 0 bridgehead atoms. The molecule has 164 valence electrons. The van der Waals surface area contributed by atoms with Crippen molar-refractivity contribution in [3.8, 4) is 0 Å². The molecule has 4 nitrogen and oxygen atoms in total. The number of amides is 1. The Labute approximate surface area is 186 Å². The Balaban J connectivity index is 1.47. The van der Waals surface area contributed by atoms with E-state index in [1.807, 2.05) is 0 Å². The van der Waals surface area contributed by atoms with Gasteiger partial charge in [0.25, 0.3) is 0 Å². The SMILES string of the molecule is CC[C@@H](C)NC(=O)C1CCN(Cc2cc3ccccc3n2Cc2cccc(C)c2)CC1. The Kier molecular flexibility index (Phi) is 6.77. The van der Waals surface area contributed by atoms with E-state index in [2.05, 4.69) is 90.2 Å². The number of nitrogens with zero attached hydrogens (tertiary/aromatic N) is 2. The van der Waals surface area contributed by atoms with Crippen molar-refractivity contribution in [2.45, 2.75) is 59.2 Å². The van der Waals surface area contributed by atoms with Gasteiger partial charge in [-0.05, 0) is 69.3 Å². The van der Waals surface area contributed by atoms with Gasteiger partial charge in [0.1, 0.15) is 0 Å². The van der Waals surface area contributed by atoms with Crippen LogP contribution < -0.4 is 5.32 Å². The predicted molar refractivity (Wildman–Crippen MR) is 128 cm³/mol. The Morgan fingerprint density at radius 2 is 1.84 bits per heavy atom. The minimum Gasteiger partial charge on any atom is -0.353 e. The fourth-order valence-corrected chi connectivity index (χ4v) is 4.62. The molecule has 1 saturated heterocycles. The van der Waals surface area contributed by atoms with Crippen LogP contribution in [0.1, 0.15) is 49.9 Å². The number of hydrogen-bond donors (Lipinski definition) is 1. The number of nitrogens with one attached hydrogen (secondary N) is 1. The first-order valence-corrected chi connectivity index (χ1v) is 11.7. The number of aromatic nitrogens is 1. The topological polar surface area (TPSA) is 37.3 Å². The summed E-state index contributed by atoms with van der Waals surface area (Å²) < 4.78 is 2.46. The smallest absolute Gasteiger partial charge is 0.223 e. The average molecular weight is 418 g/mol. The normalized spacial score (nSPS) is 16.5. The summed E-state index contributed by atoms with van der Waals surface area (Å²) in [7, 11) is 0. The van der Waals surface area contributed by atoms with Crippen LogP contribution in [0.25, 0.3) is 10.9 Å². The van der Waals surface area contributed by atoms with Crippen LogP contribution in [0.2, 0.25) is 0 Å². The van der Waals surface area contributed by atoms with Gasteiger partial charge in [-0.1, -0.05) is 55.0 Å². The highest BCUT2D eigenvalue weighted by Crippen LogP contribution is 2.25. The quantitative estimate of drug-likeness (QED) is 0.579. The molecule has 3 aromatic rings. The molecule has 0 aliphatic carbocycles. The zero-order valence-corrected chi connectivity index (χ0v) is 19.1. The van der Waals surface area contributed by atoms with Crippen LogP contribution in [0.5, 0.6) is 0 Å². The molecule has 1 aliphatic heterocycles. The number of para-hydroxylation sites is 1. The zero-order chi connectivity index (χ0) is 21.8. The van der Waals surface area contributed by atoms with Crippen molar-refractivity contribution in [3.63, 3.8) is 0 Å². The lowest BCUT2D eigenvalue weighted by Crippen LogP contribution is -2.42. The van der Waals surface area contributed by atoms with Crippen LogP contribution in [-0.2, 0) is 17.9 Å². The number of fused-ring (bicyclic) bond motifs is 1. The standard InChI is InChI=1S/C27H35N3O/c1-4-21(3)28-27(31)23-12-14-29(15-13-23)19-25-17-24-10-5-6-11-26(24)30(25)18-22-9-7-8-20(2)16-22/h5-11,16-17,21,23H,4,12-15,18-19H2,1-3H3,(H,28,31)/t21-/m1/s1. The summed E-state index contributed by atoms with van der Waals surface area (Å²) in [4.78, 5) is 15.0. The second-order valence-electron chi connectivity index (χ2n) is 9.14. The third-order valence-corrected chi connectivity index (χ3v) is 6.66. The summed E-state index contributed by atoms with van der Waals surface area (Å²) in [6.07, 6.45) is 2.87. The summed E-state index contributed by atoms with van der Waals surface area (Å²) in [6, 6.07) is 20.1. The minimum atomic E-state index is 0.156. The number of aryl methyl sites for hydroxylation is 1. The van der Waals surface area contributed by atoms with E-state index in [0.29, 0.717) is 0 Å². The second-order valence-corrected chi connectivity index (χ2v) is 9.14. The molecule has 1 aliphatic rings. The van der Waals surface area contributed by atoms with E-state index in [4.69, 9.17) is 0 Å². The Bertz CT molecular complexity index is 1030. The maximum atomic E-state index is 12.5. The molecule has 0 spiro atoms. The lowest BCUT2D eigenvalue weighted by molar-refractivity contribution is -0.127. The summed E-state index contributed by atoms with van der Waals surface area (Å²) in [6.45, 7) is 10.1. The third-order valence-electron chi connectivity index (χ3n) is 6.66. The summed E-state index contributed by atoms with van der Waals surface area (Å²) >= 11 is 0. The summed E-state index contributed by atoms with van der Waals surface area (Å²) in [5.41, 5.74) is 5.28. The number of piperidine rings is 1. The number of carbonyl (C=O) groups is 1. The van der Waals surface area contributed by atoms with Gasteiger partial charge in [0.2, 0.25) is 5.91 Å². The van der Waals surface area contributed by atoms with Crippen molar-refractivity contribution >= 4 is 16.8 Å². The monoisotopic (exact) mass is 417 g/mol. The van der Waals surface area contributed by atoms with Gasteiger partial charge in [-0.3, -0.25) is 9.69 Å². The van der Waals surface area contributed by atoms with Crippen molar-refractivity contribution in [3.05, 3.63) is 71.4 Å². The van der Waals surface area contributed by atoms with Gasteiger partial charge in [-0.25, -0.2) is 0 Å². The van der Waals surface area contributed by atoms with Crippen molar-refractivity contribution in [1.82, 2.24) is 14.8 Å². The van der Waals surface area contributed by atoms with Crippen molar-refractivity contribution in [1.29, 1.82) is 0 Å². The zero-order valence-electron chi connectivity index (χ0n) is 19.1. The number of rotatable bonds is 7. The first-order chi connectivity index (χ1) is 15.0. The number of carbonyl (C=O) groups excluding carboxylic acids is 1. The van der Waals surface area contributed by atoms with Gasteiger partial charge >= 0.3 is 0 Å². The molecular weight excluding hydrogens is 382 g/mol. The van der Waals surface area contributed by atoms with Crippen molar-refractivity contribution in [2.75, 3.05) is 13.1 Å². The van der Waals surface area contributed by atoms with E-state index >= 15 is 0 Å². The van der Waals surface area contributed by atoms with Crippen molar-refractivity contribution < 1.29 is 4.79 Å². The fraction of sp³-hybridized carbons (Fsp3) is 0.444. The van der Waals surface area contributed by atoms with E-state index in [0.717, 1.165) is 45.4 Å². The molecular formula is C27H35N3O. The highest BCUT2D eigenvalue weighted by molar-refractivity contribution is 5.81. The first kappa shape index (κ1) is 21.6. The summed E-state index contributed by atoms with van der Waals surface area (Å²) in [5, 5.41) is 4.46.